The minimum Gasteiger partial charge on any atom is -0.394 e. The van der Waals surface area contributed by atoms with Crippen molar-refractivity contribution in [1.29, 1.82) is 0 Å². The first-order valence-electron chi connectivity index (χ1n) is 18.3. The van der Waals surface area contributed by atoms with Crippen molar-refractivity contribution in [2.75, 3.05) is 6.61 Å². The van der Waals surface area contributed by atoms with Gasteiger partial charge in [-0.05, 0) is 70.6 Å². The summed E-state index contributed by atoms with van der Waals surface area (Å²) in [5.74, 6) is -0.0899. The molecular formula is C41H69NO3. The van der Waals surface area contributed by atoms with Crippen LogP contribution in [0, 0.1) is 0 Å². The van der Waals surface area contributed by atoms with Gasteiger partial charge in [-0.15, -0.1) is 0 Å². The Morgan fingerprint density at radius 1 is 0.556 bits per heavy atom. The van der Waals surface area contributed by atoms with E-state index in [1.165, 1.54) is 57.8 Å². The van der Waals surface area contributed by atoms with Crippen molar-refractivity contribution in [2.24, 2.45) is 0 Å². The van der Waals surface area contributed by atoms with Gasteiger partial charge in [-0.25, -0.2) is 0 Å². The zero-order valence-corrected chi connectivity index (χ0v) is 29.1. The molecule has 0 aromatic heterocycles. The highest BCUT2D eigenvalue weighted by atomic mass is 16.3. The molecule has 0 aromatic carbocycles. The van der Waals surface area contributed by atoms with E-state index in [0.29, 0.717) is 6.42 Å². The number of amides is 1. The Bertz CT molecular complexity index is 849. The van der Waals surface area contributed by atoms with Crippen LogP contribution in [-0.2, 0) is 4.79 Å². The molecule has 0 bridgehead atoms. The topological polar surface area (TPSA) is 69.6 Å². The van der Waals surface area contributed by atoms with Crippen LogP contribution in [0.4, 0.5) is 0 Å². The summed E-state index contributed by atoms with van der Waals surface area (Å²) < 4.78 is 0. The molecule has 0 fully saturated rings. The summed E-state index contributed by atoms with van der Waals surface area (Å²) in [6.45, 7) is 4.08. The lowest BCUT2D eigenvalue weighted by atomic mass is 10.1. The Labute approximate surface area is 278 Å². The minimum atomic E-state index is -0.866. The first kappa shape index (κ1) is 42.6. The molecule has 2 unspecified atom stereocenters. The van der Waals surface area contributed by atoms with Gasteiger partial charge >= 0.3 is 0 Å². The van der Waals surface area contributed by atoms with E-state index in [1.54, 1.807) is 6.08 Å². The molecule has 0 heterocycles. The molecule has 0 spiro atoms. The fraction of sp³-hybridized carbons (Fsp3) is 0.634. The van der Waals surface area contributed by atoms with Gasteiger partial charge in [-0.1, -0.05) is 157 Å². The number of rotatable bonds is 31. The Kier molecular flexibility index (Phi) is 34.1. The highest BCUT2D eigenvalue weighted by molar-refractivity contribution is 5.76. The van der Waals surface area contributed by atoms with Crippen molar-refractivity contribution >= 4 is 5.91 Å². The number of hydrogen-bond acceptors (Lipinski definition) is 3. The third kappa shape index (κ3) is 32.8. The lowest BCUT2D eigenvalue weighted by Gasteiger charge is -2.19. The summed E-state index contributed by atoms with van der Waals surface area (Å²) >= 11 is 0. The number of aliphatic hydroxyl groups excluding tert-OH is 2. The summed E-state index contributed by atoms with van der Waals surface area (Å²) in [7, 11) is 0. The number of hydrogen-bond donors (Lipinski definition) is 3. The average molecular weight is 624 g/mol. The molecule has 3 N–H and O–H groups in total. The highest BCUT2D eigenvalue weighted by Gasteiger charge is 2.17. The smallest absolute Gasteiger partial charge is 0.220 e. The van der Waals surface area contributed by atoms with E-state index in [-0.39, 0.29) is 12.5 Å². The van der Waals surface area contributed by atoms with Gasteiger partial charge < -0.3 is 15.5 Å². The Morgan fingerprint density at radius 3 is 1.56 bits per heavy atom. The van der Waals surface area contributed by atoms with Crippen LogP contribution >= 0.6 is 0 Å². The monoisotopic (exact) mass is 624 g/mol. The Morgan fingerprint density at radius 2 is 1.00 bits per heavy atom. The molecule has 256 valence electrons. The number of allylic oxidation sites excluding steroid dienone is 13. The molecule has 45 heavy (non-hydrogen) atoms. The largest absolute Gasteiger partial charge is 0.394 e. The van der Waals surface area contributed by atoms with Gasteiger partial charge in [0.2, 0.25) is 5.91 Å². The number of aliphatic hydroxyl groups is 2. The third-order valence-electron chi connectivity index (χ3n) is 7.61. The van der Waals surface area contributed by atoms with Crippen molar-refractivity contribution in [3.05, 3.63) is 85.1 Å². The predicted molar refractivity (Wildman–Crippen MR) is 197 cm³/mol. The van der Waals surface area contributed by atoms with Gasteiger partial charge in [0, 0.05) is 6.42 Å². The fourth-order valence-electron chi connectivity index (χ4n) is 4.79. The second kappa shape index (κ2) is 36.0. The SMILES string of the molecule is CC/C=C\C/C=C\C/C=C\C/C=C\C/C=C\CCCCCCCCCCCC(=O)NC(CO)C(O)/C=C/CC/C=C/CCCC. The van der Waals surface area contributed by atoms with Gasteiger partial charge in [-0.3, -0.25) is 4.79 Å². The Hall–Kier alpha value is -2.43. The summed E-state index contributed by atoms with van der Waals surface area (Å²) in [5.41, 5.74) is 0. The molecule has 0 saturated heterocycles. The maximum absolute atomic E-state index is 12.3. The molecule has 2 atom stereocenters. The van der Waals surface area contributed by atoms with E-state index in [9.17, 15) is 15.0 Å². The van der Waals surface area contributed by atoms with Gasteiger partial charge in [0.05, 0.1) is 18.8 Å². The maximum Gasteiger partial charge on any atom is 0.220 e. The number of nitrogens with one attached hydrogen (secondary N) is 1. The normalized spacial score (nSPS) is 14.1. The number of carbonyl (C=O) groups is 1. The molecule has 0 aliphatic carbocycles. The standard InChI is InChI=1S/C41H69NO3/c1-3-5-7-9-11-13-14-15-16-17-18-19-20-21-22-23-24-25-26-27-28-29-31-33-35-37-41(45)42-39(38-43)40(44)36-34-32-30-12-10-8-6-4-2/h5,7,10-13,15-16,18-19,21-22,34,36,39-40,43-44H,3-4,6,8-9,14,17,20,23-33,35,37-38H2,1-2H3,(H,42,45)/b7-5-,12-10+,13-11-,16-15-,19-18-,22-21-,36-34+. The van der Waals surface area contributed by atoms with Crippen molar-refractivity contribution in [3.8, 4) is 0 Å². The molecular weight excluding hydrogens is 554 g/mol. The van der Waals surface area contributed by atoms with Crippen molar-refractivity contribution in [1.82, 2.24) is 5.32 Å². The molecule has 0 rings (SSSR count). The van der Waals surface area contributed by atoms with E-state index < -0.39 is 12.1 Å². The second-order valence-electron chi connectivity index (χ2n) is 11.9. The molecule has 4 heteroatoms. The molecule has 4 nitrogen and oxygen atoms in total. The second-order valence-corrected chi connectivity index (χ2v) is 11.9. The zero-order valence-electron chi connectivity index (χ0n) is 29.1. The molecule has 1 amide bonds. The predicted octanol–water partition coefficient (Wildman–Crippen LogP) is 10.9. The van der Waals surface area contributed by atoms with Gasteiger partial charge in [0.25, 0.3) is 0 Å². The van der Waals surface area contributed by atoms with E-state index >= 15 is 0 Å². The molecule has 0 aliphatic rings. The van der Waals surface area contributed by atoms with E-state index in [4.69, 9.17) is 0 Å². The van der Waals surface area contributed by atoms with Crippen molar-refractivity contribution in [3.63, 3.8) is 0 Å². The van der Waals surface area contributed by atoms with Crippen LogP contribution < -0.4 is 5.32 Å². The summed E-state index contributed by atoms with van der Waals surface area (Å²) in [4.78, 5) is 12.3. The molecule has 0 aliphatic heterocycles. The lowest BCUT2D eigenvalue weighted by Crippen LogP contribution is -2.45. The van der Waals surface area contributed by atoms with Crippen molar-refractivity contribution in [2.45, 2.75) is 161 Å². The lowest BCUT2D eigenvalue weighted by molar-refractivity contribution is -0.123. The van der Waals surface area contributed by atoms with Crippen LogP contribution in [0.15, 0.2) is 85.1 Å². The van der Waals surface area contributed by atoms with Crippen LogP contribution in [0.3, 0.4) is 0 Å². The molecule has 0 saturated carbocycles. The van der Waals surface area contributed by atoms with Crippen LogP contribution in [0.25, 0.3) is 0 Å². The van der Waals surface area contributed by atoms with Gasteiger partial charge in [0.15, 0.2) is 0 Å². The summed E-state index contributed by atoms with van der Waals surface area (Å²) in [6.07, 6.45) is 52.5. The number of unbranched alkanes of at least 4 members (excludes halogenated alkanes) is 12. The van der Waals surface area contributed by atoms with Crippen LogP contribution in [0.1, 0.15) is 149 Å². The van der Waals surface area contributed by atoms with E-state index in [1.807, 2.05) is 6.08 Å². The summed E-state index contributed by atoms with van der Waals surface area (Å²) in [6, 6.07) is -0.644. The van der Waals surface area contributed by atoms with Crippen LogP contribution in [0.5, 0.6) is 0 Å². The zero-order chi connectivity index (χ0) is 32.9. The molecule has 0 radical (unpaired) electrons. The van der Waals surface area contributed by atoms with E-state index in [2.05, 4.69) is 92.1 Å². The first-order chi connectivity index (χ1) is 22.2. The highest BCUT2D eigenvalue weighted by Crippen LogP contribution is 2.12. The minimum absolute atomic E-state index is 0.0899. The Balaban J connectivity index is 3.63. The van der Waals surface area contributed by atoms with Crippen LogP contribution in [0.2, 0.25) is 0 Å². The van der Waals surface area contributed by atoms with Crippen LogP contribution in [-0.4, -0.2) is 34.9 Å². The quantitative estimate of drug-likeness (QED) is 0.0531. The first-order valence-corrected chi connectivity index (χ1v) is 18.3. The average Bonchev–Trinajstić information content (AvgIpc) is 3.04. The number of carbonyl (C=O) groups excluding carboxylic acids is 1. The fourth-order valence-corrected chi connectivity index (χ4v) is 4.79. The van der Waals surface area contributed by atoms with Gasteiger partial charge in [0.1, 0.15) is 0 Å². The third-order valence-corrected chi connectivity index (χ3v) is 7.61. The summed E-state index contributed by atoms with van der Waals surface area (Å²) in [5, 5.41) is 22.7. The maximum atomic E-state index is 12.3. The van der Waals surface area contributed by atoms with E-state index in [0.717, 1.165) is 70.6 Å². The van der Waals surface area contributed by atoms with Gasteiger partial charge in [-0.2, -0.15) is 0 Å². The van der Waals surface area contributed by atoms with Crippen molar-refractivity contribution < 1.29 is 15.0 Å². The molecule has 0 aromatic rings.